The molecule has 19 heavy (non-hydrogen) atoms. The van der Waals surface area contributed by atoms with E-state index in [1.165, 1.54) is 0 Å². The number of hydrogen-bond acceptors (Lipinski definition) is 11. The van der Waals surface area contributed by atoms with E-state index >= 15 is 0 Å². The first kappa shape index (κ1) is 21.3. The van der Waals surface area contributed by atoms with Gasteiger partial charge in [-0.1, -0.05) is 0 Å². The van der Waals surface area contributed by atoms with Gasteiger partial charge in [0.25, 0.3) is 0 Å². The van der Waals surface area contributed by atoms with Crippen molar-refractivity contribution in [3.05, 3.63) is 0 Å². The van der Waals surface area contributed by atoms with Crippen molar-refractivity contribution in [3.63, 3.8) is 0 Å². The Bertz CT molecular complexity index is 171. The number of rotatable bonds is 9. The Morgan fingerprint density at radius 3 is 1.05 bits per heavy atom. The highest BCUT2D eigenvalue weighted by molar-refractivity contribution is 6.63. The minimum absolute atomic E-state index is 0.0417. The minimum Gasteiger partial charge on any atom is -0.394 e. The van der Waals surface area contributed by atoms with Crippen LogP contribution in [0.15, 0.2) is 0 Å². The molecule has 11 nitrogen and oxygen atoms in total. The molecule has 13 heteroatoms. The number of hydrogen-bond donors (Lipinski definition) is 8. The zero-order chi connectivity index (χ0) is 15.4. The van der Waals surface area contributed by atoms with Crippen molar-refractivity contribution < 1.29 is 52.6 Å². The Balaban J connectivity index is 0. The van der Waals surface area contributed by atoms with Gasteiger partial charge >= 0.3 is 18.1 Å². The zero-order valence-corrected chi connectivity index (χ0v) is 12.0. The van der Waals surface area contributed by atoms with E-state index in [2.05, 4.69) is 4.12 Å². The Labute approximate surface area is 111 Å². The fourth-order valence-corrected chi connectivity index (χ4v) is 2.10. The average Bonchev–Trinajstić information content (AvgIpc) is 2.19. The van der Waals surface area contributed by atoms with Gasteiger partial charge in [-0.05, 0) is 0 Å². The largest absolute Gasteiger partial charge is 0.665 e. The van der Waals surface area contributed by atoms with Crippen LogP contribution in [0.1, 0.15) is 0 Å². The van der Waals surface area contributed by atoms with Crippen molar-refractivity contribution in [3.8, 4) is 0 Å². The molecule has 0 spiro atoms. The molecule has 0 bridgehead atoms. The molecule has 0 unspecified atom stereocenters. The third-order valence-electron chi connectivity index (χ3n) is 1.12. The summed E-state index contributed by atoms with van der Waals surface area (Å²) in [6.45, 7) is 1.73. The van der Waals surface area contributed by atoms with Crippen LogP contribution in [-0.4, -0.2) is 96.7 Å². The molecule has 0 rings (SSSR count). The summed E-state index contributed by atoms with van der Waals surface area (Å²) in [4.78, 5) is 47.6. The molecule has 0 saturated carbocycles. The fraction of sp³-hybridized carbons (Fsp3) is 1.00. The maximum atomic E-state index is 8.26. The van der Waals surface area contributed by atoms with Crippen LogP contribution in [0.4, 0.5) is 0 Å². The summed E-state index contributed by atoms with van der Waals surface area (Å²) in [6.07, 6.45) is 0. The molecular weight excluding hydrogens is 304 g/mol. The van der Waals surface area contributed by atoms with Crippen LogP contribution >= 0.6 is 0 Å². The van der Waals surface area contributed by atoms with E-state index in [0.29, 0.717) is 26.4 Å². The first-order chi connectivity index (χ1) is 8.62. The highest BCUT2D eigenvalue weighted by Crippen LogP contribution is 1.95. The van der Waals surface area contributed by atoms with Gasteiger partial charge in [-0.15, -0.1) is 0 Å². The van der Waals surface area contributed by atoms with E-state index in [1.54, 1.807) is 0 Å². The first-order valence-corrected chi connectivity index (χ1v) is 8.54. The van der Waals surface area contributed by atoms with Gasteiger partial charge in [-0.2, -0.15) is 0 Å². The van der Waals surface area contributed by atoms with E-state index in [9.17, 15) is 0 Å². The lowest BCUT2D eigenvalue weighted by atomic mass is 10.7. The molecule has 118 valence electrons. The zero-order valence-electron chi connectivity index (χ0n) is 10.0. The molecule has 0 aromatic rings. The Hall–Kier alpha value is -0.00623. The molecule has 0 fully saturated rings. The Morgan fingerprint density at radius 2 is 0.895 bits per heavy atom. The summed E-state index contributed by atoms with van der Waals surface area (Å²) in [7, 11) is -9.96. The average molecular weight is 324 g/mol. The van der Waals surface area contributed by atoms with Gasteiger partial charge < -0.3 is 52.6 Å². The van der Waals surface area contributed by atoms with Gasteiger partial charge in [0, 0.05) is 0 Å². The molecule has 0 aromatic heterocycles. The molecule has 0 amide bonds. The standard InChI is InChI=1S/C6H14O4.H6O7Si2/c7-1-3-9-5-6-10-4-2-8;1-8(2,3)7-9(4,5)6/h7-8H,1-6H2;1-6H. The van der Waals surface area contributed by atoms with Crippen molar-refractivity contribution in [2.24, 2.45) is 0 Å². The van der Waals surface area contributed by atoms with Crippen LogP contribution in [-0.2, 0) is 13.6 Å². The molecule has 0 aromatic carbocycles. The van der Waals surface area contributed by atoms with Crippen LogP contribution < -0.4 is 0 Å². The summed E-state index contributed by atoms with van der Waals surface area (Å²) in [5.41, 5.74) is 0. The summed E-state index contributed by atoms with van der Waals surface area (Å²) < 4.78 is 13.0. The van der Waals surface area contributed by atoms with E-state index in [4.69, 9.17) is 48.5 Å². The van der Waals surface area contributed by atoms with Gasteiger partial charge in [-0.25, -0.2) is 0 Å². The van der Waals surface area contributed by atoms with Crippen molar-refractivity contribution in [1.29, 1.82) is 0 Å². The summed E-state index contributed by atoms with van der Waals surface area (Å²) >= 11 is 0. The van der Waals surface area contributed by atoms with Crippen LogP contribution in [0.3, 0.4) is 0 Å². The Kier molecular flexibility index (Phi) is 13.2. The molecule has 0 aliphatic rings. The second-order valence-corrected chi connectivity index (χ2v) is 6.03. The minimum atomic E-state index is -4.98. The molecular formula is C6H20O11Si2. The normalized spacial score (nSPS) is 12.0. The second-order valence-electron chi connectivity index (χ2n) is 2.92. The van der Waals surface area contributed by atoms with Gasteiger partial charge in [0.05, 0.1) is 39.6 Å². The smallest absolute Gasteiger partial charge is 0.394 e. The highest BCUT2D eigenvalue weighted by atomic mass is 28.5. The quantitative estimate of drug-likeness (QED) is 0.149. The molecule has 0 heterocycles. The summed E-state index contributed by atoms with van der Waals surface area (Å²) in [5, 5.41) is 16.5. The van der Waals surface area contributed by atoms with Crippen LogP contribution in [0.25, 0.3) is 0 Å². The van der Waals surface area contributed by atoms with Crippen LogP contribution in [0, 0.1) is 0 Å². The van der Waals surface area contributed by atoms with Crippen molar-refractivity contribution in [2.75, 3.05) is 39.6 Å². The molecule has 0 radical (unpaired) electrons. The van der Waals surface area contributed by atoms with E-state index < -0.39 is 18.1 Å². The van der Waals surface area contributed by atoms with Crippen molar-refractivity contribution >= 4 is 18.1 Å². The monoisotopic (exact) mass is 324 g/mol. The maximum absolute atomic E-state index is 8.26. The lowest BCUT2D eigenvalue weighted by molar-refractivity contribution is 0.0222. The number of aliphatic hydroxyl groups excluding tert-OH is 2. The van der Waals surface area contributed by atoms with Gasteiger partial charge in [0.2, 0.25) is 0 Å². The number of ether oxygens (including phenoxy) is 2. The van der Waals surface area contributed by atoms with E-state index in [-0.39, 0.29) is 13.2 Å². The topological polar surface area (TPSA) is 190 Å². The number of aliphatic hydroxyl groups is 2. The second kappa shape index (κ2) is 11.8. The van der Waals surface area contributed by atoms with Gasteiger partial charge in [-0.3, -0.25) is 0 Å². The van der Waals surface area contributed by atoms with Crippen LogP contribution in [0.2, 0.25) is 0 Å². The highest BCUT2D eigenvalue weighted by Gasteiger charge is 2.45. The molecule has 0 aliphatic heterocycles. The van der Waals surface area contributed by atoms with E-state index in [1.807, 2.05) is 0 Å². The molecule has 0 aliphatic carbocycles. The predicted octanol–water partition coefficient (Wildman–Crippen LogP) is -5.17. The van der Waals surface area contributed by atoms with Crippen molar-refractivity contribution in [1.82, 2.24) is 0 Å². The lowest BCUT2D eigenvalue weighted by Crippen LogP contribution is -2.53. The first-order valence-electron chi connectivity index (χ1n) is 5.04. The van der Waals surface area contributed by atoms with Gasteiger partial charge in [0.1, 0.15) is 0 Å². The fourth-order valence-electron chi connectivity index (χ4n) is 0.635. The lowest BCUT2D eigenvalue weighted by Gasteiger charge is -2.13. The summed E-state index contributed by atoms with van der Waals surface area (Å²) in [5.74, 6) is 0. The molecule has 0 atom stereocenters. The predicted molar refractivity (Wildman–Crippen MR) is 61.7 cm³/mol. The third-order valence-corrected chi connectivity index (χ3v) is 3.31. The van der Waals surface area contributed by atoms with Crippen molar-refractivity contribution in [2.45, 2.75) is 0 Å². The summed E-state index contributed by atoms with van der Waals surface area (Å²) in [6, 6.07) is 0. The van der Waals surface area contributed by atoms with Crippen LogP contribution in [0.5, 0.6) is 0 Å². The maximum Gasteiger partial charge on any atom is 0.665 e. The SMILES string of the molecule is OCCOCCOCCO.O[Si](O)(O)O[Si](O)(O)O. The van der Waals surface area contributed by atoms with E-state index in [0.717, 1.165) is 0 Å². The molecule has 0 saturated heterocycles. The van der Waals surface area contributed by atoms with Gasteiger partial charge in [0.15, 0.2) is 0 Å². The third kappa shape index (κ3) is 27.3. The molecule has 8 N–H and O–H groups in total. The Morgan fingerprint density at radius 1 is 0.579 bits per heavy atom.